The lowest BCUT2D eigenvalue weighted by atomic mass is 9.47. The van der Waals surface area contributed by atoms with E-state index < -0.39 is 0 Å². The Hall–Kier alpha value is -0.830. The minimum atomic E-state index is 0.119. The van der Waals surface area contributed by atoms with Gasteiger partial charge >= 0.3 is 0 Å². The maximum absolute atomic E-state index is 7.06. The summed E-state index contributed by atoms with van der Waals surface area (Å²) in [5.74, 6) is 5.33. The third kappa shape index (κ3) is 4.25. The van der Waals surface area contributed by atoms with E-state index in [0.717, 1.165) is 54.7 Å². The molecule has 0 amide bonds. The van der Waals surface area contributed by atoms with Gasteiger partial charge in [-0.05, 0) is 97.7 Å². The Morgan fingerprint density at radius 2 is 1.87 bits per heavy atom. The molecule has 0 radical (unpaired) electrons. The average molecular weight is 430 g/mol. The Morgan fingerprint density at radius 1 is 1.06 bits per heavy atom. The predicted molar refractivity (Wildman–Crippen MR) is 128 cm³/mol. The highest BCUT2D eigenvalue weighted by molar-refractivity contribution is 5.39. The maximum atomic E-state index is 7.06. The van der Waals surface area contributed by atoms with Crippen molar-refractivity contribution in [1.29, 1.82) is 5.41 Å². The van der Waals surface area contributed by atoms with Crippen molar-refractivity contribution >= 4 is 6.40 Å². The topological polar surface area (TPSA) is 42.3 Å². The van der Waals surface area contributed by atoms with Crippen LogP contribution in [0.25, 0.3) is 0 Å². The zero-order valence-corrected chi connectivity index (χ0v) is 20.8. The van der Waals surface area contributed by atoms with Crippen LogP contribution in [0.4, 0.5) is 0 Å². The second-order valence-corrected chi connectivity index (χ2v) is 12.5. The molecule has 0 bridgehead atoms. The minimum absolute atomic E-state index is 0.119. The normalized spacial score (nSPS) is 42.9. The first-order valence-corrected chi connectivity index (χ1v) is 13.3. The van der Waals surface area contributed by atoms with Gasteiger partial charge in [-0.3, -0.25) is 5.41 Å². The second-order valence-electron chi connectivity index (χ2n) is 12.5. The highest BCUT2D eigenvalue weighted by Crippen LogP contribution is 2.67. The highest BCUT2D eigenvalue weighted by Gasteiger charge is 2.59. The third-order valence-corrected chi connectivity index (χ3v) is 10.5. The largest absolute Gasteiger partial charge is 0.325 e. The molecule has 0 heterocycles. The van der Waals surface area contributed by atoms with E-state index in [4.69, 9.17) is 15.2 Å². The van der Waals surface area contributed by atoms with Gasteiger partial charge in [0, 0.05) is 0 Å². The first kappa shape index (κ1) is 23.3. The molecule has 3 saturated carbocycles. The average Bonchev–Trinajstić information content (AvgIpc) is 3.09. The molecule has 0 saturated heterocycles. The molecule has 0 aliphatic heterocycles. The quantitative estimate of drug-likeness (QED) is 0.140. The maximum Gasteiger partial charge on any atom is 0.212 e. The first-order valence-electron chi connectivity index (χ1n) is 13.3. The summed E-state index contributed by atoms with van der Waals surface area (Å²) in [5, 5.41) is 7.06. The van der Waals surface area contributed by atoms with Crippen molar-refractivity contribution in [2.24, 2.45) is 46.3 Å². The number of hydrogen-bond acceptors (Lipinski definition) is 3. The summed E-state index contributed by atoms with van der Waals surface area (Å²) in [6.45, 7) is 12.6. The van der Waals surface area contributed by atoms with Gasteiger partial charge in [-0.15, -0.1) is 0 Å². The molecule has 8 atom stereocenters. The van der Waals surface area contributed by atoms with Crippen molar-refractivity contribution in [3.05, 3.63) is 11.6 Å². The fourth-order valence-corrected chi connectivity index (χ4v) is 8.84. The molecule has 3 nitrogen and oxygen atoms in total. The fraction of sp³-hybridized carbons (Fsp3) is 0.893. The van der Waals surface area contributed by atoms with Crippen LogP contribution >= 0.6 is 0 Å². The monoisotopic (exact) mass is 429 g/mol. The molecule has 0 aromatic carbocycles. The molecule has 4 aliphatic rings. The van der Waals surface area contributed by atoms with Gasteiger partial charge < -0.3 is 4.89 Å². The Labute approximate surface area is 191 Å². The van der Waals surface area contributed by atoms with Crippen molar-refractivity contribution in [3.63, 3.8) is 0 Å². The van der Waals surface area contributed by atoms with E-state index in [-0.39, 0.29) is 6.10 Å². The van der Waals surface area contributed by atoms with Gasteiger partial charge in [-0.1, -0.05) is 65.5 Å². The van der Waals surface area contributed by atoms with E-state index in [1.54, 1.807) is 5.57 Å². The molecular weight excluding hydrogens is 382 g/mol. The Bertz CT molecular complexity index is 672. The molecule has 3 heteroatoms. The van der Waals surface area contributed by atoms with Crippen molar-refractivity contribution in [2.75, 3.05) is 0 Å². The molecule has 0 spiro atoms. The summed E-state index contributed by atoms with van der Waals surface area (Å²) >= 11 is 0. The second kappa shape index (κ2) is 9.20. The molecule has 4 aliphatic carbocycles. The summed E-state index contributed by atoms with van der Waals surface area (Å²) in [7, 11) is 0. The van der Waals surface area contributed by atoms with Crippen LogP contribution in [0.3, 0.4) is 0 Å². The van der Waals surface area contributed by atoms with Crippen LogP contribution in [0.15, 0.2) is 11.6 Å². The van der Waals surface area contributed by atoms with Crippen LogP contribution < -0.4 is 0 Å². The van der Waals surface area contributed by atoms with Gasteiger partial charge in [0.25, 0.3) is 0 Å². The van der Waals surface area contributed by atoms with Gasteiger partial charge in [0.2, 0.25) is 6.40 Å². The molecule has 31 heavy (non-hydrogen) atoms. The SMILES string of the molecule is CC(C)CCC[C@@H](C)C1CCC2C3CC=C4C[C@@H](OOC=N)CC[C@]4(C)C3CC[C@@]21C. The van der Waals surface area contributed by atoms with Crippen LogP contribution in [0.1, 0.15) is 105 Å². The summed E-state index contributed by atoms with van der Waals surface area (Å²) in [6.07, 6.45) is 18.2. The van der Waals surface area contributed by atoms with Gasteiger partial charge in [0.1, 0.15) is 6.10 Å². The lowest BCUT2D eigenvalue weighted by Gasteiger charge is -2.58. The van der Waals surface area contributed by atoms with Crippen molar-refractivity contribution in [3.8, 4) is 0 Å². The van der Waals surface area contributed by atoms with Crippen molar-refractivity contribution in [2.45, 2.75) is 111 Å². The Kier molecular flexibility index (Phi) is 6.92. The van der Waals surface area contributed by atoms with Crippen LogP contribution in [-0.4, -0.2) is 12.5 Å². The smallest absolute Gasteiger partial charge is 0.212 e. The molecule has 0 aromatic heterocycles. The number of fused-ring (bicyclic) bond motifs is 5. The van der Waals surface area contributed by atoms with E-state index >= 15 is 0 Å². The van der Waals surface area contributed by atoms with Gasteiger partial charge in [-0.2, -0.15) is 4.89 Å². The number of nitrogens with one attached hydrogen (secondary N) is 1. The molecule has 3 fully saturated rings. The summed E-state index contributed by atoms with van der Waals surface area (Å²) in [5.41, 5.74) is 2.55. The van der Waals surface area contributed by atoms with Gasteiger partial charge in [-0.25, -0.2) is 0 Å². The Morgan fingerprint density at radius 3 is 2.61 bits per heavy atom. The van der Waals surface area contributed by atoms with Crippen molar-refractivity contribution in [1.82, 2.24) is 0 Å². The van der Waals surface area contributed by atoms with E-state index in [1.807, 2.05) is 0 Å². The molecule has 4 unspecified atom stereocenters. The summed E-state index contributed by atoms with van der Waals surface area (Å²) < 4.78 is 0. The molecule has 1 N–H and O–H groups in total. The van der Waals surface area contributed by atoms with Gasteiger partial charge in [0.15, 0.2) is 0 Å². The zero-order chi connectivity index (χ0) is 22.2. The summed E-state index contributed by atoms with van der Waals surface area (Å²) in [6, 6.07) is 0. The van der Waals surface area contributed by atoms with E-state index in [1.165, 1.54) is 57.8 Å². The summed E-state index contributed by atoms with van der Waals surface area (Å²) in [4.78, 5) is 10.3. The number of rotatable bonds is 8. The minimum Gasteiger partial charge on any atom is -0.325 e. The predicted octanol–water partition coefficient (Wildman–Crippen LogP) is 7.95. The van der Waals surface area contributed by atoms with Crippen LogP contribution in [0.5, 0.6) is 0 Å². The van der Waals surface area contributed by atoms with Gasteiger partial charge in [0.05, 0.1) is 0 Å². The van der Waals surface area contributed by atoms with Crippen LogP contribution in [-0.2, 0) is 9.78 Å². The molecule has 4 rings (SSSR count). The van der Waals surface area contributed by atoms with Crippen LogP contribution in [0.2, 0.25) is 0 Å². The third-order valence-electron chi connectivity index (χ3n) is 10.5. The number of hydrogen-bond donors (Lipinski definition) is 1. The zero-order valence-electron chi connectivity index (χ0n) is 20.8. The Balaban J connectivity index is 1.45. The van der Waals surface area contributed by atoms with E-state index in [0.29, 0.717) is 10.8 Å². The number of allylic oxidation sites excluding steroid dienone is 1. The first-order chi connectivity index (χ1) is 14.8. The fourth-order valence-electron chi connectivity index (χ4n) is 8.84. The van der Waals surface area contributed by atoms with E-state index in [9.17, 15) is 0 Å². The standard InChI is InChI=1S/C28H47NO2/c1-19(2)7-6-8-20(3)24-11-12-25-23-10-9-21-17-22(31-30-18-29)13-15-27(21,4)26(23)14-16-28(24,25)5/h9,18-20,22-26,29H,6-8,10-17H2,1-5H3/t20-,22+,23?,24?,25?,26?,27+,28-/m1/s1. The lowest BCUT2D eigenvalue weighted by molar-refractivity contribution is -0.261. The molecule has 0 aromatic rings. The van der Waals surface area contributed by atoms with Crippen molar-refractivity contribution < 1.29 is 9.78 Å². The van der Waals surface area contributed by atoms with Crippen LogP contribution in [0, 0.1) is 51.7 Å². The molecule has 176 valence electrons. The molecular formula is C28H47NO2. The lowest BCUT2D eigenvalue weighted by Crippen LogP contribution is -2.51. The van der Waals surface area contributed by atoms with E-state index in [2.05, 4.69) is 40.7 Å². The highest BCUT2D eigenvalue weighted by atomic mass is 17.2.